The molecule has 0 unspecified atom stereocenters. The molecule has 0 saturated carbocycles. The molecule has 0 aromatic rings. The molecule has 0 aliphatic rings. The van der Waals surface area contributed by atoms with Gasteiger partial charge < -0.3 is 4.74 Å². The fraction of sp³-hybridized carbons (Fsp3) is 0.857. The summed E-state index contributed by atoms with van der Waals surface area (Å²) < 4.78 is 4.98. The Morgan fingerprint density at radius 3 is 2.44 bits per heavy atom. The number of methoxy groups -OCH3 is 1. The molecular weight excluding hydrogens is 114 g/mol. The molecule has 0 aromatic heterocycles. The second kappa shape index (κ2) is 5.60. The maximum Gasteiger partial charge on any atom is 0.182 e. The van der Waals surface area contributed by atoms with Gasteiger partial charge in [-0.05, 0) is 13.3 Å². The van der Waals surface area contributed by atoms with Crippen molar-refractivity contribution in [1.29, 1.82) is 0 Å². The summed E-state index contributed by atoms with van der Waals surface area (Å²) in [5.41, 5.74) is 0. The third-order valence-corrected chi connectivity index (χ3v) is 1.03. The molecule has 0 spiro atoms. The summed E-state index contributed by atoms with van der Waals surface area (Å²) in [6.07, 6.45) is 2.07. The van der Waals surface area contributed by atoms with Gasteiger partial charge in [0.2, 0.25) is 0 Å². The van der Waals surface area contributed by atoms with E-state index in [1.54, 1.807) is 7.11 Å². The number of rotatable bonds is 3. The lowest BCUT2D eigenvalue weighted by atomic mass is 10.3. The minimum absolute atomic E-state index is 0.823. The zero-order valence-electron chi connectivity index (χ0n) is 6.48. The van der Waals surface area contributed by atoms with Gasteiger partial charge in [-0.3, -0.25) is 4.99 Å². The average molecular weight is 129 g/mol. The first-order valence-corrected chi connectivity index (χ1v) is 3.42. The van der Waals surface area contributed by atoms with Crippen LogP contribution in [0.5, 0.6) is 0 Å². The SMILES string of the molecule is CCCC(=NCC)OC. The molecule has 0 amide bonds. The zero-order valence-corrected chi connectivity index (χ0v) is 6.48. The van der Waals surface area contributed by atoms with E-state index < -0.39 is 0 Å². The lowest BCUT2D eigenvalue weighted by Gasteiger charge is -2.00. The first kappa shape index (κ1) is 8.47. The monoisotopic (exact) mass is 129 g/mol. The van der Waals surface area contributed by atoms with E-state index in [9.17, 15) is 0 Å². The van der Waals surface area contributed by atoms with Gasteiger partial charge in [-0.2, -0.15) is 0 Å². The molecule has 2 heteroatoms. The topological polar surface area (TPSA) is 21.6 Å². The van der Waals surface area contributed by atoms with Crippen molar-refractivity contribution in [3.8, 4) is 0 Å². The Bertz CT molecular complexity index is 88.9. The number of hydrogen-bond acceptors (Lipinski definition) is 2. The second-order valence-corrected chi connectivity index (χ2v) is 1.82. The van der Waals surface area contributed by atoms with Gasteiger partial charge in [0, 0.05) is 13.0 Å². The summed E-state index contributed by atoms with van der Waals surface area (Å²) in [6.45, 7) is 4.95. The Morgan fingerprint density at radius 1 is 1.44 bits per heavy atom. The van der Waals surface area contributed by atoms with Crippen LogP contribution in [0.1, 0.15) is 26.7 Å². The first-order chi connectivity index (χ1) is 4.35. The van der Waals surface area contributed by atoms with Crippen LogP contribution in [-0.4, -0.2) is 19.6 Å². The zero-order chi connectivity index (χ0) is 7.11. The van der Waals surface area contributed by atoms with Crippen molar-refractivity contribution in [2.75, 3.05) is 13.7 Å². The quantitative estimate of drug-likeness (QED) is 0.421. The number of hydrogen-bond donors (Lipinski definition) is 0. The standard InChI is InChI=1S/C7H15NO/c1-4-6-7(9-3)8-5-2/h4-6H2,1-3H3. The first-order valence-electron chi connectivity index (χ1n) is 3.42. The van der Waals surface area contributed by atoms with Gasteiger partial charge in [0.05, 0.1) is 7.11 Å². The van der Waals surface area contributed by atoms with Crippen molar-refractivity contribution in [3.63, 3.8) is 0 Å². The van der Waals surface area contributed by atoms with E-state index in [0.29, 0.717) is 0 Å². The fourth-order valence-electron chi connectivity index (χ4n) is 0.636. The highest BCUT2D eigenvalue weighted by Gasteiger charge is 1.91. The van der Waals surface area contributed by atoms with Crippen LogP contribution >= 0.6 is 0 Å². The summed E-state index contributed by atoms with van der Waals surface area (Å²) in [4.78, 5) is 4.13. The lowest BCUT2D eigenvalue weighted by Crippen LogP contribution is -2.00. The highest BCUT2D eigenvalue weighted by molar-refractivity contribution is 5.75. The van der Waals surface area contributed by atoms with Crippen LogP contribution in [-0.2, 0) is 4.74 Å². The van der Waals surface area contributed by atoms with Crippen LogP contribution in [0.15, 0.2) is 4.99 Å². The molecule has 0 aliphatic carbocycles. The molecule has 0 saturated heterocycles. The third kappa shape index (κ3) is 4.01. The minimum atomic E-state index is 0.823. The van der Waals surface area contributed by atoms with E-state index in [0.717, 1.165) is 25.3 Å². The van der Waals surface area contributed by atoms with E-state index in [4.69, 9.17) is 4.74 Å². The van der Waals surface area contributed by atoms with Crippen molar-refractivity contribution in [2.45, 2.75) is 26.7 Å². The van der Waals surface area contributed by atoms with Crippen molar-refractivity contribution < 1.29 is 4.74 Å². The van der Waals surface area contributed by atoms with Crippen molar-refractivity contribution in [3.05, 3.63) is 0 Å². The molecule has 0 aromatic carbocycles. The van der Waals surface area contributed by atoms with Crippen LogP contribution in [0.2, 0.25) is 0 Å². The number of nitrogens with zero attached hydrogens (tertiary/aromatic N) is 1. The maximum absolute atomic E-state index is 4.98. The summed E-state index contributed by atoms with van der Waals surface area (Å²) in [7, 11) is 1.67. The van der Waals surface area contributed by atoms with E-state index in [1.807, 2.05) is 6.92 Å². The molecule has 0 fully saturated rings. The fourth-order valence-corrected chi connectivity index (χ4v) is 0.636. The predicted molar refractivity (Wildman–Crippen MR) is 39.9 cm³/mol. The predicted octanol–water partition coefficient (Wildman–Crippen LogP) is 1.85. The molecule has 54 valence electrons. The Balaban J connectivity index is 3.53. The molecule has 0 bridgehead atoms. The number of ether oxygens (including phenoxy) is 1. The summed E-state index contributed by atoms with van der Waals surface area (Å²) in [5.74, 6) is 0.875. The van der Waals surface area contributed by atoms with Crippen LogP contribution in [0, 0.1) is 0 Å². The Hall–Kier alpha value is -0.530. The molecular formula is C7H15NO. The van der Waals surface area contributed by atoms with Crippen molar-refractivity contribution in [2.24, 2.45) is 4.99 Å². The van der Waals surface area contributed by atoms with Crippen LogP contribution in [0.4, 0.5) is 0 Å². The molecule has 0 N–H and O–H groups in total. The maximum atomic E-state index is 4.98. The average Bonchev–Trinajstić information content (AvgIpc) is 1.88. The molecule has 0 heterocycles. The smallest absolute Gasteiger partial charge is 0.182 e. The van der Waals surface area contributed by atoms with Gasteiger partial charge in [0.15, 0.2) is 5.90 Å². The van der Waals surface area contributed by atoms with Crippen molar-refractivity contribution in [1.82, 2.24) is 0 Å². The van der Waals surface area contributed by atoms with Gasteiger partial charge in [-0.1, -0.05) is 6.92 Å². The second-order valence-electron chi connectivity index (χ2n) is 1.82. The van der Waals surface area contributed by atoms with Gasteiger partial charge in [0.1, 0.15) is 0 Å². The molecule has 0 radical (unpaired) electrons. The largest absolute Gasteiger partial charge is 0.484 e. The Kier molecular flexibility index (Phi) is 5.27. The van der Waals surface area contributed by atoms with Gasteiger partial charge in [-0.15, -0.1) is 0 Å². The highest BCUT2D eigenvalue weighted by atomic mass is 16.5. The summed E-state index contributed by atoms with van der Waals surface area (Å²) >= 11 is 0. The number of aliphatic imine (C=N–C) groups is 1. The lowest BCUT2D eigenvalue weighted by molar-refractivity contribution is 0.387. The minimum Gasteiger partial charge on any atom is -0.484 e. The molecule has 9 heavy (non-hydrogen) atoms. The van der Waals surface area contributed by atoms with E-state index in [2.05, 4.69) is 11.9 Å². The summed E-state index contributed by atoms with van der Waals surface area (Å²) in [5, 5.41) is 0. The molecule has 0 aliphatic heterocycles. The van der Waals surface area contributed by atoms with E-state index in [-0.39, 0.29) is 0 Å². The molecule has 2 nitrogen and oxygen atoms in total. The van der Waals surface area contributed by atoms with Crippen LogP contribution in [0.25, 0.3) is 0 Å². The summed E-state index contributed by atoms with van der Waals surface area (Å²) in [6, 6.07) is 0. The Labute approximate surface area is 56.9 Å². The molecule has 0 rings (SSSR count). The third-order valence-electron chi connectivity index (χ3n) is 1.03. The van der Waals surface area contributed by atoms with Gasteiger partial charge >= 0.3 is 0 Å². The van der Waals surface area contributed by atoms with Crippen LogP contribution in [0.3, 0.4) is 0 Å². The van der Waals surface area contributed by atoms with Crippen LogP contribution < -0.4 is 0 Å². The van der Waals surface area contributed by atoms with E-state index in [1.165, 1.54) is 0 Å². The highest BCUT2D eigenvalue weighted by Crippen LogP contribution is 1.92. The Morgan fingerprint density at radius 2 is 2.11 bits per heavy atom. The van der Waals surface area contributed by atoms with E-state index >= 15 is 0 Å². The van der Waals surface area contributed by atoms with Gasteiger partial charge in [-0.25, -0.2) is 0 Å². The van der Waals surface area contributed by atoms with Crippen molar-refractivity contribution >= 4 is 5.90 Å². The normalized spacial score (nSPS) is 11.7. The molecule has 0 atom stereocenters. The van der Waals surface area contributed by atoms with Gasteiger partial charge in [0.25, 0.3) is 0 Å².